The van der Waals surface area contributed by atoms with E-state index in [4.69, 9.17) is 21.3 Å². The summed E-state index contributed by atoms with van der Waals surface area (Å²) in [5.74, 6) is 0.470. The molecule has 0 radical (unpaired) electrons. The molecule has 0 aliphatic carbocycles. The standard InChI is InChI=1S/C22H25ClN6O2/c1-6-15-11-24-29-18(10-17(23)26-20(15)29)28(21(30)31-22(3,4)5)13-16-12-27-9-7-8-14(2)19(27)25-16/h7-12H,6,13H2,1-5H3. The third kappa shape index (κ3) is 4.20. The van der Waals surface area contributed by atoms with Crippen LogP contribution in [0.25, 0.3) is 11.3 Å². The van der Waals surface area contributed by atoms with Crippen LogP contribution >= 0.6 is 11.6 Å². The molecule has 162 valence electrons. The molecule has 31 heavy (non-hydrogen) atoms. The number of nitrogens with zero attached hydrogens (tertiary/aromatic N) is 6. The number of carbonyl (C=O) groups is 1. The first-order valence-corrected chi connectivity index (χ1v) is 10.5. The summed E-state index contributed by atoms with van der Waals surface area (Å²) in [6, 6.07) is 5.58. The lowest BCUT2D eigenvalue weighted by atomic mass is 10.2. The molecule has 0 N–H and O–H groups in total. The second-order valence-corrected chi connectivity index (χ2v) is 8.80. The van der Waals surface area contributed by atoms with E-state index in [1.54, 1.807) is 16.8 Å². The van der Waals surface area contributed by atoms with Gasteiger partial charge in [-0.05, 0) is 45.7 Å². The number of halogens is 1. The van der Waals surface area contributed by atoms with Crippen LogP contribution in [0.3, 0.4) is 0 Å². The molecule has 0 saturated carbocycles. The Balaban J connectivity index is 1.83. The van der Waals surface area contributed by atoms with Crippen LogP contribution in [0.4, 0.5) is 10.6 Å². The molecular formula is C22H25ClN6O2. The van der Waals surface area contributed by atoms with Gasteiger partial charge in [0.05, 0.1) is 18.4 Å². The van der Waals surface area contributed by atoms with Gasteiger partial charge in [0.15, 0.2) is 5.65 Å². The van der Waals surface area contributed by atoms with E-state index < -0.39 is 11.7 Å². The lowest BCUT2D eigenvalue weighted by Gasteiger charge is -2.27. The predicted octanol–water partition coefficient (Wildman–Crippen LogP) is 4.84. The van der Waals surface area contributed by atoms with E-state index in [0.29, 0.717) is 17.2 Å². The first-order valence-electron chi connectivity index (χ1n) is 10.1. The number of carbonyl (C=O) groups excluding carboxylic acids is 1. The fraction of sp³-hybridized carbons (Fsp3) is 0.364. The number of aryl methyl sites for hydroxylation is 2. The smallest absolute Gasteiger partial charge is 0.416 e. The van der Waals surface area contributed by atoms with Gasteiger partial charge in [0.1, 0.15) is 22.2 Å². The zero-order valence-electron chi connectivity index (χ0n) is 18.3. The molecule has 4 aromatic rings. The van der Waals surface area contributed by atoms with Crippen LogP contribution in [-0.4, -0.2) is 35.7 Å². The maximum atomic E-state index is 13.2. The summed E-state index contributed by atoms with van der Waals surface area (Å²) in [6.07, 6.45) is 5.80. The van der Waals surface area contributed by atoms with Crippen LogP contribution in [0, 0.1) is 6.92 Å². The van der Waals surface area contributed by atoms with Crippen LogP contribution in [0.15, 0.2) is 36.8 Å². The molecule has 0 atom stereocenters. The van der Waals surface area contributed by atoms with E-state index in [2.05, 4.69) is 10.1 Å². The van der Waals surface area contributed by atoms with Gasteiger partial charge in [0, 0.05) is 24.0 Å². The third-order valence-corrected chi connectivity index (χ3v) is 5.01. The number of hydrogen-bond acceptors (Lipinski definition) is 5. The molecule has 4 rings (SSSR count). The Morgan fingerprint density at radius 2 is 2.03 bits per heavy atom. The van der Waals surface area contributed by atoms with Crippen molar-refractivity contribution in [2.75, 3.05) is 4.90 Å². The van der Waals surface area contributed by atoms with Gasteiger partial charge in [-0.15, -0.1) is 0 Å². The number of pyridine rings is 1. The highest BCUT2D eigenvalue weighted by molar-refractivity contribution is 6.29. The number of hydrogen-bond donors (Lipinski definition) is 0. The highest BCUT2D eigenvalue weighted by Gasteiger charge is 2.27. The van der Waals surface area contributed by atoms with Gasteiger partial charge in [0.2, 0.25) is 0 Å². The van der Waals surface area contributed by atoms with Crippen LogP contribution in [-0.2, 0) is 17.7 Å². The molecule has 1 amide bonds. The SMILES string of the molecule is CCc1cnn2c(N(Cc3cn4cccc(C)c4n3)C(=O)OC(C)(C)C)cc(Cl)nc12. The summed E-state index contributed by atoms with van der Waals surface area (Å²) < 4.78 is 9.26. The van der Waals surface area contributed by atoms with E-state index in [9.17, 15) is 4.79 Å². The van der Waals surface area contributed by atoms with E-state index in [1.807, 2.05) is 63.5 Å². The van der Waals surface area contributed by atoms with Gasteiger partial charge >= 0.3 is 6.09 Å². The summed E-state index contributed by atoms with van der Waals surface area (Å²) in [5, 5.41) is 4.72. The molecular weight excluding hydrogens is 416 g/mol. The number of ether oxygens (including phenoxy) is 1. The molecule has 0 spiro atoms. The normalized spacial score (nSPS) is 11.9. The minimum Gasteiger partial charge on any atom is -0.443 e. The van der Waals surface area contributed by atoms with E-state index >= 15 is 0 Å². The van der Waals surface area contributed by atoms with Crippen molar-refractivity contribution in [3.8, 4) is 0 Å². The highest BCUT2D eigenvalue weighted by Crippen LogP contribution is 2.26. The summed E-state index contributed by atoms with van der Waals surface area (Å²) in [7, 11) is 0. The summed E-state index contributed by atoms with van der Waals surface area (Å²) in [4.78, 5) is 23.9. The van der Waals surface area contributed by atoms with Crippen molar-refractivity contribution < 1.29 is 9.53 Å². The minimum atomic E-state index is -0.667. The van der Waals surface area contributed by atoms with Crippen molar-refractivity contribution in [3.63, 3.8) is 0 Å². The number of amides is 1. The van der Waals surface area contributed by atoms with Crippen molar-refractivity contribution >= 4 is 34.8 Å². The third-order valence-electron chi connectivity index (χ3n) is 4.81. The zero-order valence-corrected chi connectivity index (χ0v) is 19.0. The summed E-state index contributed by atoms with van der Waals surface area (Å²) in [6.45, 7) is 9.69. The molecule has 4 aromatic heterocycles. The van der Waals surface area contributed by atoms with Crippen LogP contribution < -0.4 is 4.90 Å². The first-order chi connectivity index (χ1) is 14.7. The Labute approximate surface area is 185 Å². The van der Waals surface area contributed by atoms with Crippen molar-refractivity contribution in [1.82, 2.24) is 24.0 Å². The number of imidazole rings is 1. The quantitative estimate of drug-likeness (QED) is 0.424. The van der Waals surface area contributed by atoms with Crippen molar-refractivity contribution in [2.24, 2.45) is 0 Å². The summed E-state index contributed by atoms with van der Waals surface area (Å²) >= 11 is 6.33. The molecule has 0 aliphatic heterocycles. The monoisotopic (exact) mass is 440 g/mol. The first kappa shape index (κ1) is 21.1. The average Bonchev–Trinajstić information content (AvgIpc) is 3.28. The van der Waals surface area contributed by atoms with Gasteiger partial charge in [-0.25, -0.2) is 14.8 Å². The number of fused-ring (bicyclic) bond motifs is 2. The van der Waals surface area contributed by atoms with Crippen molar-refractivity contribution in [3.05, 3.63) is 58.8 Å². The Hall–Kier alpha value is -3.13. The van der Waals surface area contributed by atoms with Gasteiger partial charge in [0.25, 0.3) is 0 Å². The summed E-state index contributed by atoms with van der Waals surface area (Å²) in [5.41, 5.74) is 3.49. The van der Waals surface area contributed by atoms with Crippen molar-refractivity contribution in [2.45, 2.75) is 53.2 Å². The minimum absolute atomic E-state index is 0.187. The topological polar surface area (TPSA) is 77.0 Å². The van der Waals surface area contributed by atoms with Crippen LogP contribution in [0.5, 0.6) is 0 Å². The van der Waals surface area contributed by atoms with Gasteiger partial charge in [-0.1, -0.05) is 24.6 Å². The molecule has 0 unspecified atom stereocenters. The molecule has 4 heterocycles. The molecule has 0 aromatic carbocycles. The Bertz CT molecular complexity index is 1270. The fourth-order valence-electron chi connectivity index (χ4n) is 3.40. The van der Waals surface area contributed by atoms with Crippen molar-refractivity contribution in [1.29, 1.82) is 0 Å². The lowest BCUT2D eigenvalue weighted by molar-refractivity contribution is 0.0575. The molecule has 0 bridgehead atoms. The lowest BCUT2D eigenvalue weighted by Crippen LogP contribution is -2.37. The van der Waals surface area contributed by atoms with Gasteiger partial charge in [-0.3, -0.25) is 4.90 Å². The molecule has 0 aliphatic rings. The average molecular weight is 441 g/mol. The molecule has 9 heteroatoms. The molecule has 8 nitrogen and oxygen atoms in total. The van der Waals surface area contributed by atoms with Gasteiger partial charge in [-0.2, -0.15) is 9.61 Å². The zero-order chi connectivity index (χ0) is 22.3. The van der Waals surface area contributed by atoms with Gasteiger partial charge < -0.3 is 9.14 Å². The number of anilines is 1. The molecule has 0 fully saturated rings. The van der Waals surface area contributed by atoms with Crippen LogP contribution in [0.2, 0.25) is 5.15 Å². The fourth-order valence-corrected chi connectivity index (χ4v) is 3.58. The largest absolute Gasteiger partial charge is 0.443 e. The second-order valence-electron chi connectivity index (χ2n) is 8.42. The Kier molecular flexibility index (Phi) is 5.35. The Morgan fingerprint density at radius 3 is 2.71 bits per heavy atom. The second kappa shape index (κ2) is 7.85. The van der Waals surface area contributed by atoms with E-state index in [0.717, 1.165) is 23.2 Å². The maximum Gasteiger partial charge on any atom is 0.416 e. The number of aromatic nitrogens is 5. The maximum absolute atomic E-state index is 13.2. The number of rotatable bonds is 4. The predicted molar refractivity (Wildman–Crippen MR) is 120 cm³/mol. The Morgan fingerprint density at radius 1 is 1.26 bits per heavy atom. The van der Waals surface area contributed by atoms with E-state index in [1.165, 1.54) is 4.90 Å². The highest BCUT2D eigenvalue weighted by atomic mass is 35.5. The van der Waals surface area contributed by atoms with Crippen LogP contribution in [0.1, 0.15) is 44.5 Å². The van der Waals surface area contributed by atoms with E-state index in [-0.39, 0.29) is 11.7 Å². The molecule has 0 saturated heterocycles.